The van der Waals surface area contributed by atoms with Gasteiger partial charge in [0.25, 0.3) is 5.91 Å². The lowest BCUT2D eigenvalue weighted by molar-refractivity contribution is -0.136. The Morgan fingerprint density at radius 2 is 2.04 bits per heavy atom. The first-order valence-electron chi connectivity index (χ1n) is 7.99. The molecule has 2 aliphatic rings. The monoisotopic (exact) mass is 322 g/mol. The molecule has 0 bridgehead atoms. The number of H-pyrrole nitrogens is 1. The molecule has 0 radical (unpaired) electrons. The Hall–Kier alpha value is -1.93. The number of carbonyl (C=O) groups excluding carboxylic acids is 2. The van der Waals surface area contributed by atoms with Crippen LogP contribution >= 0.6 is 0 Å². The van der Waals surface area contributed by atoms with Gasteiger partial charge in [-0.25, -0.2) is 0 Å². The van der Waals surface area contributed by atoms with Gasteiger partial charge in [0.2, 0.25) is 5.91 Å². The molecule has 126 valence electrons. The van der Waals surface area contributed by atoms with Gasteiger partial charge in [0.15, 0.2) is 5.69 Å². The molecule has 1 N–H and O–H groups in total. The minimum atomic E-state index is -0.0927. The average Bonchev–Trinajstić information content (AvgIpc) is 3.02. The molecule has 1 saturated heterocycles. The first-order valence-corrected chi connectivity index (χ1v) is 7.99. The second-order valence-corrected chi connectivity index (χ2v) is 5.64. The second kappa shape index (κ2) is 7.10. The second-order valence-electron chi connectivity index (χ2n) is 5.64. The Balaban J connectivity index is 1.72. The molecule has 0 spiro atoms. The molecule has 0 unspecified atom stereocenters. The summed E-state index contributed by atoms with van der Waals surface area (Å²) in [5.41, 5.74) is 2.20. The Morgan fingerprint density at radius 1 is 1.26 bits per heavy atom. The molecule has 3 rings (SSSR count). The fourth-order valence-corrected chi connectivity index (χ4v) is 2.88. The predicted octanol–water partition coefficient (Wildman–Crippen LogP) is -0.197. The minimum Gasteiger partial charge on any atom is -0.378 e. The van der Waals surface area contributed by atoms with Crippen LogP contribution in [0.25, 0.3) is 0 Å². The number of hydrogen-bond acceptors (Lipinski definition) is 5. The van der Waals surface area contributed by atoms with Crippen LogP contribution in [0.2, 0.25) is 0 Å². The van der Waals surface area contributed by atoms with E-state index >= 15 is 0 Å². The van der Waals surface area contributed by atoms with Gasteiger partial charge in [-0.05, 0) is 6.92 Å². The lowest BCUT2D eigenvalue weighted by Gasteiger charge is -2.29. The summed E-state index contributed by atoms with van der Waals surface area (Å²) >= 11 is 0. The van der Waals surface area contributed by atoms with Crippen LogP contribution in [0, 0.1) is 0 Å². The van der Waals surface area contributed by atoms with Crippen molar-refractivity contribution in [3.8, 4) is 0 Å². The van der Waals surface area contributed by atoms with E-state index in [1.807, 2.05) is 6.92 Å². The maximum atomic E-state index is 12.6. The van der Waals surface area contributed by atoms with Crippen molar-refractivity contribution in [1.29, 1.82) is 0 Å². The smallest absolute Gasteiger partial charge is 0.274 e. The van der Waals surface area contributed by atoms with E-state index in [0.717, 1.165) is 11.3 Å². The summed E-state index contributed by atoms with van der Waals surface area (Å²) < 4.78 is 10.5. The number of rotatable bonds is 4. The van der Waals surface area contributed by atoms with E-state index < -0.39 is 0 Å². The minimum absolute atomic E-state index is 0.0523. The molecule has 1 aromatic rings. The summed E-state index contributed by atoms with van der Waals surface area (Å²) in [6.45, 7) is 5.73. The highest BCUT2D eigenvalue weighted by Crippen LogP contribution is 2.22. The standard InChI is InChI=1S/C15H22N4O4/c1-2-22-10-13(20)19-4-3-12-11(9-19)14(17-16-12)15(21)18-5-7-23-8-6-18/h2-10H2,1H3,(H,16,17). The van der Waals surface area contributed by atoms with Crippen molar-refractivity contribution in [2.75, 3.05) is 46.1 Å². The normalized spacial score (nSPS) is 18.0. The number of nitrogens with zero attached hydrogens (tertiary/aromatic N) is 3. The Morgan fingerprint density at radius 3 is 2.78 bits per heavy atom. The third-order valence-electron chi connectivity index (χ3n) is 4.22. The Kier molecular flexibility index (Phi) is 4.92. The quantitative estimate of drug-likeness (QED) is 0.830. The number of ether oxygens (including phenoxy) is 2. The van der Waals surface area contributed by atoms with Gasteiger partial charge >= 0.3 is 0 Å². The van der Waals surface area contributed by atoms with Gasteiger partial charge in [0.1, 0.15) is 6.61 Å². The van der Waals surface area contributed by atoms with Gasteiger partial charge in [-0.2, -0.15) is 5.10 Å². The molecule has 0 saturated carbocycles. The van der Waals surface area contributed by atoms with Crippen LogP contribution in [-0.2, 0) is 27.2 Å². The van der Waals surface area contributed by atoms with Crippen molar-refractivity contribution in [2.45, 2.75) is 19.9 Å². The lowest BCUT2D eigenvalue weighted by Crippen LogP contribution is -2.42. The lowest BCUT2D eigenvalue weighted by atomic mass is 10.0. The number of morpholine rings is 1. The summed E-state index contributed by atoms with van der Waals surface area (Å²) in [5, 5.41) is 7.15. The van der Waals surface area contributed by atoms with Crippen LogP contribution in [0.1, 0.15) is 28.7 Å². The van der Waals surface area contributed by atoms with Crippen LogP contribution in [0.4, 0.5) is 0 Å². The third-order valence-corrected chi connectivity index (χ3v) is 4.22. The highest BCUT2D eigenvalue weighted by molar-refractivity contribution is 5.94. The topological polar surface area (TPSA) is 87.8 Å². The van der Waals surface area contributed by atoms with Crippen molar-refractivity contribution in [1.82, 2.24) is 20.0 Å². The highest BCUT2D eigenvalue weighted by atomic mass is 16.5. The number of amides is 2. The van der Waals surface area contributed by atoms with E-state index in [4.69, 9.17) is 9.47 Å². The molecule has 0 aliphatic carbocycles. The number of hydrogen-bond donors (Lipinski definition) is 1. The number of carbonyl (C=O) groups is 2. The molecule has 23 heavy (non-hydrogen) atoms. The van der Waals surface area contributed by atoms with E-state index in [0.29, 0.717) is 58.1 Å². The van der Waals surface area contributed by atoms with E-state index in [2.05, 4.69) is 10.2 Å². The first kappa shape index (κ1) is 15.9. The SMILES string of the molecule is CCOCC(=O)N1CCc2[nH]nc(C(=O)N3CCOCC3)c2C1. The molecule has 1 aromatic heterocycles. The zero-order valence-corrected chi connectivity index (χ0v) is 13.3. The zero-order valence-electron chi connectivity index (χ0n) is 13.3. The van der Waals surface area contributed by atoms with Gasteiger partial charge < -0.3 is 19.3 Å². The number of aromatic nitrogens is 2. The van der Waals surface area contributed by atoms with E-state index in [-0.39, 0.29) is 18.4 Å². The molecule has 0 atom stereocenters. The van der Waals surface area contributed by atoms with Crippen molar-refractivity contribution < 1.29 is 19.1 Å². The summed E-state index contributed by atoms with van der Waals surface area (Å²) in [4.78, 5) is 28.2. The summed E-state index contributed by atoms with van der Waals surface area (Å²) in [6.07, 6.45) is 0.677. The molecule has 2 amide bonds. The molecule has 2 aliphatic heterocycles. The maximum absolute atomic E-state index is 12.6. The predicted molar refractivity (Wildman–Crippen MR) is 80.9 cm³/mol. The number of nitrogens with one attached hydrogen (secondary N) is 1. The number of fused-ring (bicyclic) bond motifs is 1. The van der Waals surface area contributed by atoms with Crippen LogP contribution in [-0.4, -0.2) is 77.9 Å². The molecule has 8 nitrogen and oxygen atoms in total. The van der Waals surface area contributed by atoms with Crippen molar-refractivity contribution in [3.05, 3.63) is 17.0 Å². The van der Waals surface area contributed by atoms with Gasteiger partial charge in [0.05, 0.1) is 13.2 Å². The Labute approximate surface area is 134 Å². The largest absolute Gasteiger partial charge is 0.378 e. The zero-order chi connectivity index (χ0) is 16.2. The van der Waals surface area contributed by atoms with Crippen LogP contribution in [0.5, 0.6) is 0 Å². The van der Waals surface area contributed by atoms with Crippen LogP contribution in [0.15, 0.2) is 0 Å². The summed E-state index contributed by atoms with van der Waals surface area (Å²) in [6, 6.07) is 0. The highest BCUT2D eigenvalue weighted by Gasteiger charge is 2.30. The van der Waals surface area contributed by atoms with E-state index in [9.17, 15) is 9.59 Å². The molecule has 3 heterocycles. The fraction of sp³-hybridized carbons (Fsp3) is 0.667. The average molecular weight is 322 g/mol. The maximum Gasteiger partial charge on any atom is 0.274 e. The van der Waals surface area contributed by atoms with Crippen molar-refractivity contribution >= 4 is 11.8 Å². The van der Waals surface area contributed by atoms with Crippen molar-refractivity contribution in [3.63, 3.8) is 0 Å². The number of aromatic amines is 1. The molecular weight excluding hydrogens is 300 g/mol. The van der Waals surface area contributed by atoms with Gasteiger partial charge in [-0.15, -0.1) is 0 Å². The van der Waals surface area contributed by atoms with Crippen molar-refractivity contribution in [2.24, 2.45) is 0 Å². The van der Waals surface area contributed by atoms with Crippen LogP contribution < -0.4 is 0 Å². The third kappa shape index (κ3) is 3.37. The van der Waals surface area contributed by atoms with Gasteiger partial charge in [-0.3, -0.25) is 14.7 Å². The molecule has 1 fully saturated rings. The van der Waals surface area contributed by atoms with E-state index in [1.54, 1.807) is 9.80 Å². The first-order chi connectivity index (χ1) is 11.2. The van der Waals surface area contributed by atoms with Crippen LogP contribution in [0.3, 0.4) is 0 Å². The Bertz CT molecular complexity index is 580. The van der Waals surface area contributed by atoms with Gasteiger partial charge in [-0.1, -0.05) is 0 Å². The van der Waals surface area contributed by atoms with E-state index in [1.165, 1.54) is 0 Å². The van der Waals surface area contributed by atoms with Gasteiger partial charge in [0, 0.05) is 50.5 Å². The summed E-state index contributed by atoms with van der Waals surface area (Å²) in [7, 11) is 0. The summed E-state index contributed by atoms with van der Waals surface area (Å²) in [5.74, 6) is -0.145. The molecule has 0 aromatic carbocycles. The fourth-order valence-electron chi connectivity index (χ4n) is 2.88. The molecule has 8 heteroatoms. The molecular formula is C15H22N4O4.